The van der Waals surface area contributed by atoms with Crippen LogP contribution >= 0.6 is 11.6 Å². The molecular formula is C18H15Cl. The number of fused-ring (bicyclic) bond motifs is 1. The SMILES string of the molecule is ClC(Cc1ccccc1)c1cccc2ccccc12. The summed E-state index contributed by atoms with van der Waals surface area (Å²) in [5, 5.41) is 2.51. The summed E-state index contributed by atoms with van der Waals surface area (Å²) in [7, 11) is 0. The molecule has 1 atom stereocenters. The molecule has 0 radical (unpaired) electrons. The third kappa shape index (κ3) is 2.64. The minimum Gasteiger partial charge on any atom is -0.117 e. The summed E-state index contributed by atoms with van der Waals surface area (Å²) in [4.78, 5) is 0. The lowest BCUT2D eigenvalue weighted by Gasteiger charge is -2.13. The van der Waals surface area contributed by atoms with Crippen molar-refractivity contribution in [2.75, 3.05) is 0 Å². The van der Waals surface area contributed by atoms with Crippen LogP contribution in [0.25, 0.3) is 10.8 Å². The molecular weight excluding hydrogens is 252 g/mol. The van der Waals surface area contributed by atoms with Gasteiger partial charge < -0.3 is 0 Å². The highest BCUT2D eigenvalue weighted by molar-refractivity contribution is 6.22. The number of halogens is 1. The first kappa shape index (κ1) is 12.3. The fourth-order valence-corrected chi connectivity index (χ4v) is 2.82. The molecule has 94 valence electrons. The highest BCUT2D eigenvalue weighted by atomic mass is 35.5. The second kappa shape index (κ2) is 5.46. The van der Waals surface area contributed by atoms with Crippen molar-refractivity contribution < 1.29 is 0 Å². The molecule has 0 nitrogen and oxygen atoms in total. The zero-order valence-electron chi connectivity index (χ0n) is 10.6. The first-order valence-corrected chi connectivity index (χ1v) is 6.94. The number of alkyl halides is 1. The van der Waals surface area contributed by atoms with Crippen LogP contribution in [0, 0.1) is 0 Å². The first-order chi connectivity index (χ1) is 9.34. The van der Waals surface area contributed by atoms with Gasteiger partial charge in [-0.1, -0.05) is 72.8 Å². The average Bonchev–Trinajstić information content (AvgIpc) is 2.47. The van der Waals surface area contributed by atoms with Crippen molar-refractivity contribution in [3.8, 4) is 0 Å². The molecule has 0 heterocycles. The van der Waals surface area contributed by atoms with Crippen molar-refractivity contribution in [2.24, 2.45) is 0 Å². The molecule has 3 aromatic rings. The van der Waals surface area contributed by atoms with Crippen LogP contribution in [0.1, 0.15) is 16.5 Å². The highest BCUT2D eigenvalue weighted by Gasteiger charge is 2.11. The molecule has 0 aliphatic heterocycles. The Morgan fingerprint density at radius 3 is 2.26 bits per heavy atom. The molecule has 1 heteroatoms. The summed E-state index contributed by atoms with van der Waals surface area (Å²) < 4.78 is 0. The van der Waals surface area contributed by atoms with E-state index in [4.69, 9.17) is 11.6 Å². The van der Waals surface area contributed by atoms with Gasteiger partial charge in [-0.05, 0) is 28.3 Å². The Balaban J connectivity index is 1.96. The number of benzene rings is 3. The van der Waals surface area contributed by atoms with Crippen molar-refractivity contribution >= 4 is 22.4 Å². The van der Waals surface area contributed by atoms with E-state index < -0.39 is 0 Å². The van der Waals surface area contributed by atoms with E-state index in [2.05, 4.69) is 66.7 Å². The van der Waals surface area contributed by atoms with Crippen LogP contribution in [0.2, 0.25) is 0 Å². The topological polar surface area (TPSA) is 0 Å². The van der Waals surface area contributed by atoms with Gasteiger partial charge in [0.05, 0.1) is 5.38 Å². The first-order valence-electron chi connectivity index (χ1n) is 6.50. The summed E-state index contributed by atoms with van der Waals surface area (Å²) in [5.74, 6) is 0. The Hall–Kier alpha value is -1.79. The number of hydrogen-bond donors (Lipinski definition) is 0. The predicted molar refractivity (Wildman–Crippen MR) is 82.7 cm³/mol. The van der Waals surface area contributed by atoms with Gasteiger partial charge in [0, 0.05) is 0 Å². The van der Waals surface area contributed by atoms with Crippen LogP contribution in [0.3, 0.4) is 0 Å². The minimum absolute atomic E-state index is 0.00787. The summed E-state index contributed by atoms with van der Waals surface area (Å²) in [6, 6.07) is 25.1. The van der Waals surface area contributed by atoms with Crippen LogP contribution in [0.15, 0.2) is 72.8 Å². The van der Waals surface area contributed by atoms with Gasteiger partial charge in [0.2, 0.25) is 0 Å². The Kier molecular flexibility index (Phi) is 3.52. The van der Waals surface area contributed by atoms with Gasteiger partial charge >= 0.3 is 0 Å². The zero-order valence-corrected chi connectivity index (χ0v) is 11.3. The van der Waals surface area contributed by atoms with E-state index in [1.807, 2.05) is 6.07 Å². The quantitative estimate of drug-likeness (QED) is 0.560. The van der Waals surface area contributed by atoms with Gasteiger partial charge in [-0.25, -0.2) is 0 Å². The molecule has 0 saturated heterocycles. The Morgan fingerprint density at radius 2 is 1.42 bits per heavy atom. The highest BCUT2D eigenvalue weighted by Crippen LogP contribution is 2.31. The molecule has 0 spiro atoms. The third-order valence-electron chi connectivity index (χ3n) is 3.42. The van der Waals surface area contributed by atoms with Gasteiger partial charge in [-0.2, -0.15) is 0 Å². The predicted octanol–water partition coefficient (Wildman–Crippen LogP) is 5.36. The fourth-order valence-electron chi connectivity index (χ4n) is 2.45. The van der Waals surface area contributed by atoms with Crippen molar-refractivity contribution in [3.05, 3.63) is 83.9 Å². The smallest absolute Gasteiger partial charge is 0.0631 e. The van der Waals surface area contributed by atoms with Crippen LogP contribution in [-0.2, 0) is 6.42 Å². The van der Waals surface area contributed by atoms with Crippen molar-refractivity contribution in [1.82, 2.24) is 0 Å². The molecule has 1 unspecified atom stereocenters. The molecule has 0 N–H and O–H groups in total. The molecule has 0 bridgehead atoms. The maximum absolute atomic E-state index is 6.62. The van der Waals surface area contributed by atoms with Gasteiger partial charge in [0.15, 0.2) is 0 Å². The van der Waals surface area contributed by atoms with E-state index in [-0.39, 0.29) is 5.38 Å². The maximum Gasteiger partial charge on any atom is 0.0631 e. The number of hydrogen-bond acceptors (Lipinski definition) is 0. The molecule has 3 aromatic carbocycles. The maximum atomic E-state index is 6.62. The molecule has 0 amide bonds. The monoisotopic (exact) mass is 266 g/mol. The molecule has 19 heavy (non-hydrogen) atoms. The van der Waals surface area contributed by atoms with E-state index in [1.54, 1.807) is 0 Å². The molecule has 0 aliphatic carbocycles. The fraction of sp³-hybridized carbons (Fsp3) is 0.111. The molecule has 3 rings (SSSR count). The van der Waals surface area contributed by atoms with Gasteiger partial charge in [0.25, 0.3) is 0 Å². The van der Waals surface area contributed by atoms with E-state index in [0.717, 1.165) is 6.42 Å². The number of rotatable bonds is 3. The molecule has 0 fully saturated rings. The van der Waals surface area contributed by atoms with Crippen molar-refractivity contribution in [1.29, 1.82) is 0 Å². The van der Waals surface area contributed by atoms with E-state index in [9.17, 15) is 0 Å². The second-order valence-corrected chi connectivity index (χ2v) is 5.25. The lowest BCUT2D eigenvalue weighted by Crippen LogP contribution is -1.96. The third-order valence-corrected chi connectivity index (χ3v) is 3.81. The summed E-state index contributed by atoms with van der Waals surface area (Å²) in [6.07, 6.45) is 0.858. The largest absolute Gasteiger partial charge is 0.117 e. The summed E-state index contributed by atoms with van der Waals surface area (Å²) in [5.41, 5.74) is 2.49. The lowest BCUT2D eigenvalue weighted by molar-refractivity contribution is 0.928. The van der Waals surface area contributed by atoms with Gasteiger partial charge in [-0.3, -0.25) is 0 Å². The van der Waals surface area contributed by atoms with Crippen LogP contribution in [-0.4, -0.2) is 0 Å². The Labute approximate surface area is 118 Å². The second-order valence-electron chi connectivity index (χ2n) is 4.73. The lowest BCUT2D eigenvalue weighted by atomic mass is 9.98. The van der Waals surface area contributed by atoms with E-state index >= 15 is 0 Å². The van der Waals surface area contributed by atoms with Crippen molar-refractivity contribution in [3.63, 3.8) is 0 Å². The normalized spacial score (nSPS) is 12.5. The molecule has 0 saturated carbocycles. The average molecular weight is 267 g/mol. The summed E-state index contributed by atoms with van der Waals surface area (Å²) >= 11 is 6.62. The summed E-state index contributed by atoms with van der Waals surface area (Å²) in [6.45, 7) is 0. The zero-order chi connectivity index (χ0) is 13.1. The van der Waals surface area contributed by atoms with E-state index in [1.165, 1.54) is 21.9 Å². The minimum atomic E-state index is 0.00787. The van der Waals surface area contributed by atoms with Gasteiger partial charge in [0.1, 0.15) is 0 Å². The standard InChI is InChI=1S/C18H15Cl/c19-18(13-14-7-2-1-3-8-14)17-12-6-10-15-9-4-5-11-16(15)17/h1-12,18H,13H2. The van der Waals surface area contributed by atoms with Crippen LogP contribution in [0.4, 0.5) is 0 Å². The van der Waals surface area contributed by atoms with Crippen LogP contribution in [0.5, 0.6) is 0 Å². The van der Waals surface area contributed by atoms with Gasteiger partial charge in [-0.15, -0.1) is 11.6 Å². The van der Waals surface area contributed by atoms with Crippen LogP contribution < -0.4 is 0 Å². The Morgan fingerprint density at radius 1 is 0.737 bits per heavy atom. The molecule has 0 aromatic heterocycles. The van der Waals surface area contributed by atoms with Crippen molar-refractivity contribution in [2.45, 2.75) is 11.8 Å². The van der Waals surface area contributed by atoms with E-state index in [0.29, 0.717) is 0 Å². The Bertz CT molecular complexity index is 668. The molecule has 0 aliphatic rings.